The minimum Gasteiger partial charge on any atom is -0.340 e. The van der Waals surface area contributed by atoms with Crippen LogP contribution in [0.2, 0.25) is 0 Å². The van der Waals surface area contributed by atoms with E-state index in [4.69, 9.17) is 22.5 Å². The third-order valence-corrected chi connectivity index (χ3v) is 1.92. The lowest BCUT2D eigenvalue weighted by Gasteiger charge is -2.03. The molecule has 0 heterocycles. The smallest absolute Gasteiger partial charge is 0.184 e. The molecule has 0 atom stereocenters. The Morgan fingerprint density at radius 3 is 2.20 bits per heavy atom. The molecular weight excluding hydrogens is 188 g/mol. The molecular formula is C6H6Cl2NP. The van der Waals surface area contributed by atoms with Gasteiger partial charge in [0.15, 0.2) is 6.78 Å². The van der Waals surface area contributed by atoms with Gasteiger partial charge in [-0.15, -0.1) is 0 Å². The van der Waals surface area contributed by atoms with Crippen LogP contribution < -0.4 is 5.09 Å². The summed E-state index contributed by atoms with van der Waals surface area (Å²) in [6.07, 6.45) is 0. The number of rotatable bonds is 2. The van der Waals surface area contributed by atoms with Crippen LogP contribution in [0.25, 0.3) is 0 Å². The lowest BCUT2D eigenvalue weighted by atomic mass is 10.3. The van der Waals surface area contributed by atoms with Crippen LogP contribution in [-0.2, 0) is 0 Å². The second-order valence-electron chi connectivity index (χ2n) is 1.71. The Bertz CT molecular complexity index is 190. The summed E-state index contributed by atoms with van der Waals surface area (Å²) < 4.78 is 0. The molecule has 4 heteroatoms. The van der Waals surface area contributed by atoms with E-state index in [9.17, 15) is 0 Å². The van der Waals surface area contributed by atoms with Gasteiger partial charge in [0.05, 0.1) is 0 Å². The molecule has 1 aromatic rings. The highest BCUT2D eigenvalue weighted by Gasteiger charge is 1.95. The quantitative estimate of drug-likeness (QED) is 0.705. The van der Waals surface area contributed by atoms with Crippen LogP contribution in [0.15, 0.2) is 30.3 Å². The lowest BCUT2D eigenvalue weighted by molar-refractivity contribution is 1.68. The maximum Gasteiger partial charge on any atom is 0.184 e. The summed E-state index contributed by atoms with van der Waals surface area (Å²) in [6, 6.07) is 9.62. The zero-order valence-corrected chi connectivity index (χ0v) is 7.50. The molecule has 0 bridgehead atoms. The van der Waals surface area contributed by atoms with Crippen molar-refractivity contribution in [2.75, 3.05) is 5.09 Å². The molecule has 0 aliphatic carbocycles. The second-order valence-corrected chi connectivity index (χ2v) is 4.95. The molecule has 0 fully saturated rings. The van der Waals surface area contributed by atoms with E-state index in [-0.39, 0.29) is 0 Å². The summed E-state index contributed by atoms with van der Waals surface area (Å²) in [5.74, 6) is 0. The summed E-state index contributed by atoms with van der Waals surface area (Å²) in [7, 11) is 0. The maximum atomic E-state index is 5.53. The van der Waals surface area contributed by atoms with Gasteiger partial charge in [0.2, 0.25) is 0 Å². The van der Waals surface area contributed by atoms with Crippen LogP contribution in [-0.4, -0.2) is 0 Å². The van der Waals surface area contributed by atoms with E-state index in [1.54, 1.807) is 0 Å². The monoisotopic (exact) mass is 193 g/mol. The molecule has 1 aromatic carbocycles. The summed E-state index contributed by atoms with van der Waals surface area (Å²) in [5.41, 5.74) is 0.957. The van der Waals surface area contributed by atoms with Crippen LogP contribution in [0, 0.1) is 0 Å². The fourth-order valence-electron chi connectivity index (χ4n) is 0.610. The van der Waals surface area contributed by atoms with Gasteiger partial charge in [-0.1, -0.05) is 40.7 Å². The van der Waals surface area contributed by atoms with E-state index in [2.05, 4.69) is 5.09 Å². The predicted molar refractivity (Wildman–Crippen MR) is 48.7 cm³/mol. The number of nitrogens with one attached hydrogen (secondary N) is 1. The third-order valence-electron chi connectivity index (χ3n) is 0.987. The van der Waals surface area contributed by atoms with Crippen molar-refractivity contribution in [3.63, 3.8) is 0 Å². The first-order valence-corrected chi connectivity index (χ1v) is 5.87. The summed E-state index contributed by atoms with van der Waals surface area (Å²) in [6.45, 7) is -1.08. The van der Waals surface area contributed by atoms with E-state index in [0.29, 0.717) is 0 Å². The lowest BCUT2D eigenvalue weighted by Crippen LogP contribution is -1.80. The molecule has 54 valence electrons. The highest BCUT2D eigenvalue weighted by atomic mass is 35.9. The summed E-state index contributed by atoms with van der Waals surface area (Å²) >= 11 is 11.1. The highest BCUT2D eigenvalue weighted by molar-refractivity contribution is 8.04. The number of halogens is 2. The summed E-state index contributed by atoms with van der Waals surface area (Å²) in [4.78, 5) is 0. The highest BCUT2D eigenvalue weighted by Crippen LogP contribution is 2.45. The minimum atomic E-state index is -1.08. The standard InChI is InChI=1S/C6H6Cl2NP/c7-10(8)9-6-4-2-1-3-5-6/h1-5,9H. The number of anilines is 1. The third kappa shape index (κ3) is 2.74. The maximum absolute atomic E-state index is 5.53. The Morgan fingerprint density at radius 1 is 1.10 bits per heavy atom. The topological polar surface area (TPSA) is 12.0 Å². The Labute approximate surface area is 70.7 Å². The van der Waals surface area contributed by atoms with Crippen LogP contribution >= 0.6 is 29.3 Å². The zero-order chi connectivity index (χ0) is 7.40. The van der Waals surface area contributed by atoms with E-state index in [1.807, 2.05) is 30.3 Å². The van der Waals surface area contributed by atoms with Crippen molar-refractivity contribution in [2.24, 2.45) is 0 Å². The van der Waals surface area contributed by atoms with Gasteiger partial charge in [-0.25, -0.2) is 0 Å². The summed E-state index contributed by atoms with van der Waals surface area (Å²) in [5, 5.41) is 2.90. The molecule has 1 rings (SSSR count). The van der Waals surface area contributed by atoms with Crippen LogP contribution in [0.4, 0.5) is 5.69 Å². The van der Waals surface area contributed by atoms with Gasteiger partial charge in [-0.05, 0) is 12.1 Å². The molecule has 0 saturated heterocycles. The normalized spacial score (nSPS) is 9.90. The van der Waals surface area contributed by atoms with Gasteiger partial charge in [-0.3, -0.25) is 0 Å². The Kier molecular flexibility index (Phi) is 3.27. The van der Waals surface area contributed by atoms with Gasteiger partial charge in [0.25, 0.3) is 0 Å². The number of hydrogen-bond acceptors (Lipinski definition) is 1. The van der Waals surface area contributed by atoms with Crippen LogP contribution in [0.1, 0.15) is 0 Å². The number of hydrogen-bond donors (Lipinski definition) is 1. The molecule has 0 unspecified atom stereocenters. The van der Waals surface area contributed by atoms with Gasteiger partial charge in [0.1, 0.15) is 0 Å². The van der Waals surface area contributed by atoms with Gasteiger partial charge >= 0.3 is 0 Å². The first-order valence-electron chi connectivity index (χ1n) is 2.72. The van der Waals surface area contributed by atoms with Crippen molar-refractivity contribution in [1.29, 1.82) is 0 Å². The molecule has 0 aliphatic rings. The fraction of sp³-hybridized carbons (Fsp3) is 0. The van der Waals surface area contributed by atoms with Gasteiger partial charge in [0, 0.05) is 5.69 Å². The van der Waals surface area contributed by atoms with E-state index in [0.717, 1.165) is 5.69 Å². The molecule has 0 amide bonds. The molecule has 0 aromatic heterocycles. The SMILES string of the molecule is ClP(Cl)Nc1ccccc1. The van der Waals surface area contributed by atoms with Gasteiger partial charge in [-0.2, -0.15) is 0 Å². The Morgan fingerprint density at radius 2 is 1.70 bits per heavy atom. The second kappa shape index (κ2) is 4.02. The van der Waals surface area contributed by atoms with Crippen molar-refractivity contribution >= 4 is 34.9 Å². The minimum absolute atomic E-state index is 0.957. The molecule has 0 radical (unpaired) electrons. The van der Waals surface area contributed by atoms with E-state index >= 15 is 0 Å². The fourth-order valence-corrected chi connectivity index (χ4v) is 1.54. The average Bonchev–Trinajstić information content (AvgIpc) is 1.88. The molecule has 1 nitrogen and oxygen atoms in total. The largest absolute Gasteiger partial charge is 0.340 e. The van der Waals surface area contributed by atoms with E-state index in [1.165, 1.54) is 0 Å². The van der Waals surface area contributed by atoms with Crippen LogP contribution in [0.3, 0.4) is 0 Å². The average molecular weight is 194 g/mol. The van der Waals surface area contributed by atoms with Crippen LogP contribution in [0.5, 0.6) is 0 Å². The molecule has 0 aliphatic heterocycles. The first-order chi connectivity index (χ1) is 4.79. The molecule has 0 saturated carbocycles. The Hall–Kier alpha value is 0.0300. The van der Waals surface area contributed by atoms with Crippen molar-refractivity contribution in [2.45, 2.75) is 0 Å². The molecule has 0 spiro atoms. The zero-order valence-electron chi connectivity index (χ0n) is 5.09. The predicted octanol–water partition coefficient (Wildman–Crippen LogP) is 3.80. The van der Waals surface area contributed by atoms with Crippen molar-refractivity contribution < 1.29 is 0 Å². The number of para-hydroxylation sites is 1. The first kappa shape index (κ1) is 8.13. The Balaban J connectivity index is 2.59. The number of benzene rings is 1. The van der Waals surface area contributed by atoms with Crippen molar-refractivity contribution in [1.82, 2.24) is 0 Å². The molecule has 1 N–H and O–H groups in total. The van der Waals surface area contributed by atoms with Gasteiger partial charge < -0.3 is 5.09 Å². The van der Waals surface area contributed by atoms with Crippen molar-refractivity contribution in [3.05, 3.63) is 30.3 Å². The van der Waals surface area contributed by atoms with E-state index < -0.39 is 6.78 Å². The van der Waals surface area contributed by atoms with Crippen molar-refractivity contribution in [3.8, 4) is 0 Å². The molecule has 10 heavy (non-hydrogen) atoms.